The van der Waals surface area contributed by atoms with Gasteiger partial charge >= 0.3 is 0 Å². The van der Waals surface area contributed by atoms with E-state index in [-0.39, 0.29) is 17.9 Å². The molecule has 1 aromatic rings. The molecule has 2 amide bonds. The van der Waals surface area contributed by atoms with Crippen molar-refractivity contribution in [2.75, 3.05) is 5.32 Å². The molecule has 0 unspecified atom stereocenters. The summed E-state index contributed by atoms with van der Waals surface area (Å²) < 4.78 is 0. The Morgan fingerprint density at radius 1 is 0.957 bits per heavy atom. The number of amides is 2. The Morgan fingerprint density at radius 3 is 2.13 bits per heavy atom. The highest BCUT2D eigenvalue weighted by molar-refractivity contribution is 6.35. The lowest BCUT2D eigenvalue weighted by molar-refractivity contribution is -0.135. The van der Waals surface area contributed by atoms with Crippen molar-refractivity contribution in [2.45, 2.75) is 51.0 Å². The fourth-order valence-corrected chi connectivity index (χ4v) is 3.66. The van der Waals surface area contributed by atoms with Gasteiger partial charge in [-0.15, -0.1) is 0 Å². The fourth-order valence-electron chi connectivity index (χ4n) is 3.13. The van der Waals surface area contributed by atoms with Gasteiger partial charge in [0.25, 0.3) is 0 Å². The second-order valence-corrected chi connectivity index (χ2v) is 7.38. The maximum absolute atomic E-state index is 12.5. The predicted octanol–water partition coefficient (Wildman–Crippen LogP) is 4.16. The van der Waals surface area contributed by atoms with Crippen LogP contribution in [0.15, 0.2) is 18.2 Å². The third-order valence-corrected chi connectivity index (χ3v) is 5.12. The lowest BCUT2D eigenvalue weighted by Crippen LogP contribution is -2.45. The SMILES string of the molecule is O=C(Nc1cc(Cl)cc(Cl)c1)C1(C(=O)NC2CCCCC2)CC1. The molecule has 0 aromatic heterocycles. The summed E-state index contributed by atoms with van der Waals surface area (Å²) in [5, 5.41) is 6.73. The van der Waals surface area contributed by atoms with Gasteiger partial charge in [-0.05, 0) is 43.9 Å². The standard InChI is InChI=1S/C17H20Cl2N2O2/c18-11-8-12(19)10-14(9-11)21-16(23)17(6-7-17)15(22)20-13-4-2-1-3-5-13/h8-10,13H,1-7H2,(H,20,22)(H,21,23). The van der Waals surface area contributed by atoms with Gasteiger partial charge in [0.2, 0.25) is 11.8 Å². The average molecular weight is 355 g/mol. The Balaban J connectivity index is 1.64. The van der Waals surface area contributed by atoms with Crippen molar-refractivity contribution in [3.63, 3.8) is 0 Å². The summed E-state index contributed by atoms with van der Waals surface area (Å²) in [6.45, 7) is 0. The first-order chi connectivity index (χ1) is 11.0. The van der Waals surface area contributed by atoms with Crippen LogP contribution >= 0.6 is 23.2 Å². The molecule has 3 rings (SSSR count). The van der Waals surface area contributed by atoms with E-state index < -0.39 is 5.41 Å². The van der Waals surface area contributed by atoms with Gasteiger partial charge in [-0.25, -0.2) is 0 Å². The summed E-state index contributed by atoms with van der Waals surface area (Å²) in [7, 11) is 0. The van der Waals surface area contributed by atoms with Crippen LogP contribution in [0.25, 0.3) is 0 Å². The summed E-state index contributed by atoms with van der Waals surface area (Å²) in [6, 6.07) is 5.06. The number of rotatable bonds is 4. The fraction of sp³-hybridized carbons (Fsp3) is 0.529. The molecule has 2 fully saturated rings. The van der Waals surface area contributed by atoms with Gasteiger partial charge in [-0.1, -0.05) is 42.5 Å². The second kappa shape index (κ2) is 6.70. The zero-order valence-electron chi connectivity index (χ0n) is 12.8. The molecule has 23 heavy (non-hydrogen) atoms. The van der Waals surface area contributed by atoms with E-state index in [2.05, 4.69) is 10.6 Å². The van der Waals surface area contributed by atoms with Crippen LogP contribution in [0.3, 0.4) is 0 Å². The molecule has 0 bridgehead atoms. The molecule has 0 heterocycles. The first kappa shape index (κ1) is 16.6. The van der Waals surface area contributed by atoms with Crippen LogP contribution < -0.4 is 10.6 Å². The van der Waals surface area contributed by atoms with Crippen molar-refractivity contribution in [3.8, 4) is 0 Å². The van der Waals surface area contributed by atoms with E-state index in [1.807, 2.05) is 0 Å². The molecule has 2 aliphatic rings. The minimum atomic E-state index is -0.924. The first-order valence-corrected chi connectivity index (χ1v) is 8.84. The van der Waals surface area contributed by atoms with Crippen LogP contribution in [0.4, 0.5) is 5.69 Å². The highest BCUT2D eigenvalue weighted by atomic mass is 35.5. The van der Waals surface area contributed by atoms with Crippen molar-refractivity contribution in [1.29, 1.82) is 0 Å². The maximum atomic E-state index is 12.5. The monoisotopic (exact) mass is 354 g/mol. The Kier molecular flexibility index (Phi) is 4.83. The number of anilines is 1. The van der Waals surface area contributed by atoms with E-state index in [1.165, 1.54) is 6.42 Å². The third-order valence-electron chi connectivity index (χ3n) is 4.68. The number of hydrogen-bond acceptors (Lipinski definition) is 2. The van der Waals surface area contributed by atoms with Crippen LogP contribution in [-0.4, -0.2) is 17.9 Å². The molecule has 2 N–H and O–H groups in total. The summed E-state index contributed by atoms with van der Waals surface area (Å²) in [5.41, 5.74) is -0.407. The van der Waals surface area contributed by atoms with Crippen LogP contribution in [0.1, 0.15) is 44.9 Å². The van der Waals surface area contributed by atoms with Gasteiger partial charge in [-0.3, -0.25) is 9.59 Å². The van der Waals surface area contributed by atoms with E-state index in [0.717, 1.165) is 25.7 Å². The van der Waals surface area contributed by atoms with Gasteiger partial charge in [0.15, 0.2) is 0 Å². The van der Waals surface area contributed by atoms with Gasteiger partial charge in [0, 0.05) is 21.8 Å². The number of nitrogens with one attached hydrogen (secondary N) is 2. The lowest BCUT2D eigenvalue weighted by atomic mass is 9.94. The molecule has 0 atom stereocenters. The number of carbonyl (C=O) groups excluding carboxylic acids is 2. The Labute approximate surface area is 145 Å². The number of benzene rings is 1. The van der Waals surface area contributed by atoms with Gasteiger partial charge in [0.1, 0.15) is 5.41 Å². The number of hydrogen-bond donors (Lipinski definition) is 2. The zero-order valence-corrected chi connectivity index (χ0v) is 14.3. The van der Waals surface area contributed by atoms with Gasteiger partial charge in [-0.2, -0.15) is 0 Å². The van der Waals surface area contributed by atoms with E-state index in [0.29, 0.717) is 28.6 Å². The summed E-state index contributed by atoms with van der Waals surface area (Å²) in [6.07, 6.45) is 6.71. The van der Waals surface area contributed by atoms with Crippen molar-refractivity contribution < 1.29 is 9.59 Å². The Bertz CT molecular complexity index is 603. The molecule has 0 radical (unpaired) electrons. The topological polar surface area (TPSA) is 58.2 Å². The molecular formula is C17H20Cl2N2O2. The summed E-state index contributed by atoms with van der Waals surface area (Å²) >= 11 is 11.9. The molecular weight excluding hydrogens is 335 g/mol. The normalized spacial score (nSPS) is 19.9. The quantitative estimate of drug-likeness (QED) is 0.797. The maximum Gasteiger partial charge on any atom is 0.240 e. The smallest absolute Gasteiger partial charge is 0.240 e. The van der Waals surface area contributed by atoms with Crippen LogP contribution in [0.2, 0.25) is 10.0 Å². The summed E-state index contributed by atoms with van der Waals surface area (Å²) in [5.74, 6) is -0.417. The molecule has 0 saturated heterocycles. The van der Waals surface area contributed by atoms with Crippen molar-refractivity contribution in [2.24, 2.45) is 5.41 Å². The summed E-state index contributed by atoms with van der Waals surface area (Å²) in [4.78, 5) is 25.1. The third kappa shape index (κ3) is 3.81. The largest absolute Gasteiger partial charge is 0.352 e. The van der Waals surface area contributed by atoms with E-state index in [4.69, 9.17) is 23.2 Å². The number of halogens is 2. The highest BCUT2D eigenvalue weighted by Gasteiger charge is 2.56. The second-order valence-electron chi connectivity index (χ2n) is 6.50. The zero-order chi connectivity index (χ0) is 16.4. The van der Waals surface area contributed by atoms with Crippen LogP contribution in [0.5, 0.6) is 0 Å². The van der Waals surface area contributed by atoms with Crippen LogP contribution in [-0.2, 0) is 9.59 Å². The molecule has 2 saturated carbocycles. The first-order valence-electron chi connectivity index (χ1n) is 8.08. The molecule has 1 aromatic carbocycles. The number of carbonyl (C=O) groups is 2. The van der Waals surface area contributed by atoms with Gasteiger partial charge < -0.3 is 10.6 Å². The Hall–Kier alpha value is -1.26. The molecule has 0 spiro atoms. The lowest BCUT2D eigenvalue weighted by Gasteiger charge is -2.25. The van der Waals surface area contributed by atoms with Crippen molar-refractivity contribution in [3.05, 3.63) is 28.2 Å². The molecule has 124 valence electrons. The van der Waals surface area contributed by atoms with Crippen molar-refractivity contribution in [1.82, 2.24) is 5.32 Å². The molecule has 6 heteroatoms. The van der Waals surface area contributed by atoms with E-state index >= 15 is 0 Å². The molecule has 0 aliphatic heterocycles. The van der Waals surface area contributed by atoms with Crippen molar-refractivity contribution >= 4 is 40.7 Å². The Morgan fingerprint density at radius 2 is 1.57 bits per heavy atom. The predicted molar refractivity (Wildman–Crippen MR) is 91.8 cm³/mol. The van der Waals surface area contributed by atoms with Gasteiger partial charge in [0.05, 0.1) is 0 Å². The highest BCUT2D eigenvalue weighted by Crippen LogP contribution is 2.47. The minimum absolute atomic E-state index is 0.143. The average Bonchev–Trinajstić information content (AvgIpc) is 3.29. The van der Waals surface area contributed by atoms with Crippen LogP contribution in [0, 0.1) is 5.41 Å². The minimum Gasteiger partial charge on any atom is -0.352 e. The molecule has 2 aliphatic carbocycles. The molecule has 4 nitrogen and oxygen atoms in total. The van der Waals surface area contributed by atoms with E-state index in [9.17, 15) is 9.59 Å². The van der Waals surface area contributed by atoms with E-state index in [1.54, 1.807) is 18.2 Å².